The Morgan fingerprint density at radius 3 is 2.84 bits per heavy atom. The van der Waals surface area contributed by atoms with Gasteiger partial charge in [-0.15, -0.1) is 0 Å². The van der Waals surface area contributed by atoms with Gasteiger partial charge in [0.05, 0.1) is 5.02 Å². The molecule has 0 radical (unpaired) electrons. The van der Waals surface area contributed by atoms with Crippen molar-refractivity contribution < 1.29 is 0 Å². The van der Waals surface area contributed by atoms with Crippen LogP contribution in [-0.4, -0.2) is 25.1 Å². The maximum absolute atomic E-state index is 6.39. The van der Waals surface area contributed by atoms with Gasteiger partial charge in [0.2, 0.25) is 0 Å². The molecule has 0 aliphatic carbocycles. The summed E-state index contributed by atoms with van der Waals surface area (Å²) in [5.74, 6) is 0.944. The Hall–Kier alpha value is -0.800. The Kier molecular flexibility index (Phi) is 4.69. The summed E-state index contributed by atoms with van der Waals surface area (Å²) in [5, 5.41) is 3.89. The monoisotopic (exact) mass is 281 g/mol. The lowest BCUT2D eigenvalue weighted by Crippen LogP contribution is -2.26. The minimum Gasteiger partial charge on any atom is -0.355 e. The van der Waals surface area contributed by atoms with Crippen LogP contribution < -0.4 is 10.2 Å². The van der Waals surface area contributed by atoms with E-state index in [-0.39, 0.29) is 0 Å². The zero-order valence-electron chi connectivity index (χ0n) is 12.2. The predicted octanol–water partition coefficient (Wildman–Crippen LogP) is 3.47. The molecular weight excluding hydrogens is 258 g/mol. The Balaban J connectivity index is 2.13. The number of anilines is 1. The van der Waals surface area contributed by atoms with Crippen LogP contribution in [0.25, 0.3) is 0 Å². The number of hydrogen-bond donors (Lipinski definition) is 1. The summed E-state index contributed by atoms with van der Waals surface area (Å²) >= 11 is 6.39. The average molecular weight is 282 g/mol. The van der Waals surface area contributed by atoms with E-state index in [0.717, 1.165) is 36.0 Å². The fourth-order valence-electron chi connectivity index (χ4n) is 2.64. The molecule has 0 spiro atoms. The third kappa shape index (κ3) is 3.83. The van der Waals surface area contributed by atoms with Crippen molar-refractivity contribution in [3.63, 3.8) is 0 Å². The Morgan fingerprint density at radius 2 is 2.16 bits per heavy atom. The smallest absolute Gasteiger partial charge is 0.147 e. The zero-order chi connectivity index (χ0) is 13.9. The molecule has 3 nitrogen and oxygen atoms in total. The van der Waals surface area contributed by atoms with Gasteiger partial charge in [0.25, 0.3) is 0 Å². The van der Waals surface area contributed by atoms with Crippen LogP contribution in [0.2, 0.25) is 5.02 Å². The number of rotatable bonds is 3. The first kappa shape index (κ1) is 14.6. The van der Waals surface area contributed by atoms with Crippen LogP contribution in [0.3, 0.4) is 0 Å². The molecule has 1 aliphatic rings. The van der Waals surface area contributed by atoms with Crippen molar-refractivity contribution in [2.24, 2.45) is 5.41 Å². The van der Waals surface area contributed by atoms with Crippen molar-refractivity contribution in [3.05, 3.63) is 22.8 Å². The van der Waals surface area contributed by atoms with Gasteiger partial charge >= 0.3 is 0 Å². The quantitative estimate of drug-likeness (QED) is 0.919. The van der Waals surface area contributed by atoms with Crippen LogP contribution in [-0.2, 0) is 6.54 Å². The van der Waals surface area contributed by atoms with Gasteiger partial charge in [0, 0.05) is 25.8 Å². The molecule has 106 valence electrons. The molecule has 0 amide bonds. The van der Waals surface area contributed by atoms with Gasteiger partial charge in [0.1, 0.15) is 5.82 Å². The standard InChI is InChI=1S/C15H24ClN3/c1-15(2)5-4-7-19(8-6-15)14-13(16)9-12(10-17-3)11-18-14/h9,11,17H,4-8,10H2,1-3H3. The molecular formula is C15H24ClN3. The first-order valence-electron chi connectivity index (χ1n) is 7.06. The summed E-state index contributed by atoms with van der Waals surface area (Å²) in [6.07, 6.45) is 5.61. The van der Waals surface area contributed by atoms with Crippen LogP contribution in [0.1, 0.15) is 38.7 Å². The van der Waals surface area contributed by atoms with E-state index in [9.17, 15) is 0 Å². The molecule has 1 saturated heterocycles. The number of halogens is 1. The minimum absolute atomic E-state index is 0.438. The topological polar surface area (TPSA) is 28.2 Å². The van der Waals surface area contributed by atoms with Gasteiger partial charge in [0.15, 0.2) is 0 Å². The minimum atomic E-state index is 0.438. The van der Waals surface area contributed by atoms with Gasteiger partial charge in [-0.05, 0) is 43.4 Å². The van der Waals surface area contributed by atoms with E-state index in [0.29, 0.717) is 5.41 Å². The summed E-state index contributed by atoms with van der Waals surface area (Å²) in [4.78, 5) is 6.90. The Bertz CT molecular complexity index is 431. The fraction of sp³-hybridized carbons (Fsp3) is 0.667. The van der Waals surface area contributed by atoms with Crippen molar-refractivity contribution in [3.8, 4) is 0 Å². The van der Waals surface area contributed by atoms with Crippen LogP contribution >= 0.6 is 11.6 Å². The SMILES string of the molecule is CNCc1cnc(N2CCCC(C)(C)CC2)c(Cl)c1. The lowest BCUT2D eigenvalue weighted by molar-refractivity contribution is 0.325. The summed E-state index contributed by atoms with van der Waals surface area (Å²) < 4.78 is 0. The van der Waals surface area contributed by atoms with Crippen molar-refractivity contribution in [2.75, 3.05) is 25.0 Å². The molecule has 4 heteroatoms. The highest BCUT2D eigenvalue weighted by Crippen LogP contribution is 2.33. The van der Waals surface area contributed by atoms with E-state index in [4.69, 9.17) is 11.6 Å². The second-order valence-corrected chi connectivity index (χ2v) is 6.59. The fourth-order valence-corrected chi connectivity index (χ4v) is 2.95. The van der Waals surface area contributed by atoms with Crippen molar-refractivity contribution in [1.82, 2.24) is 10.3 Å². The van der Waals surface area contributed by atoms with Crippen molar-refractivity contribution in [1.29, 1.82) is 0 Å². The van der Waals surface area contributed by atoms with Crippen LogP contribution in [0.5, 0.6) is 0 Å². The lowest BCUT2D eigenvalue weighted by atomic mass is 9.85. The summed E-state index contributed by atoms with van der Waals surface area (Å²) in [6.45, 7) is 7.61. The molecule has 1 N–H and O–H groups in total. The molecule has 1 aromatic heterocycles. The largest absolute Gasteiger partial charge is 0.355 e. The summed E-state index contributed by atoms with van der Waals surface area (Å²) in [7, 11) is 1.93. The predicted molar refractivity (Wildman–Crippen MR) is 81.9 cm³/mol. The molecule has 1 aromatic rings. The second-order valence-electron chi connectivity index (χ2n) is 6.18. The maximum Gasteiger partial charge on any atom is 0.147 e. The molecule has 1 fully saturated rings. The van der Waals surface area contributed by atoms with Gasteiger partial charge in [-0.3, -0.25) is 0 Å². The van der Waals surface area contributed by atoms with Gasteiger partial charge < -0.3 is 10.2 Å². The second kappa shape index (κ2) is 6.10. The molecule has 2 heterocycles. The zero-order valence-corrected chi connectivity index (χ0v) is 12.9. The number of nitrogens with zero attached hydrogens (tertiary/aromatic N) is 2. The molecule has 0 saturated carbocycles. The molecule has 2 rings (SSSR count). The first-order chi connectivity index (χ1) is 9.02. The third-order valence-electron chi connectivity index (χ3n) is 3.90. The molecule has 0 aromatic carbocycles. The molecule has 0 bridgehead atoms. The van der Waals surface area contributed by atoms with E-state index < -0.39 is 0 Å². The normalized spacial score (nSPS) is 19.3. The highest BCUT2D eigenvalue weighted by Gasteiger charge is 2.24. The highest BCUT2D eigenvalue weighted by atomic mass is 35.5. The van der Waals surface area contributed by atoms with E-state index in [2.05, 4.69) is 29.0 Å². The van der Waals surface area contributed by atoms with Crippen molar-refractivity contribution >= 4 is 17.4 Å². The van der Waals surface area contributed by atoms with Crippen LogP contribution in [0.15, 0.2) is 12.3 Å². The molecule has 19 heavy (non-hydrogen) atoms. The van der Waals surface area contributed by atoms with Crippen LogP contribution in [0, 0.1) is 5.41 Å². The number of nitrogens with one attached hydrogen (secondary N) is 1. The number of aromatic nitrogens is 1. The van der Waals surface area contributed by atoms with E-state index >= 15 is 0 Å². The highest BCUT2D eigenvalue weighted by molar-refractivity contribution is 6.33. The van der Waals surface area contributed by atoms with Gasteiger partial charge in [-0.25, -0.2) is 4.98 Å². The molecule has 0 atom stereocenters. The summed E-state index contributed by atoms with van der Waals surface area (Å²) in [5.41, 5.74) is 1.57. The number of pyridine rings is 1. The maximum atomic E-state index is 6.39. The average Bonchev–Trinajstić information content (AvgIpc) is 2.51. The van der Waals surface area contributed by atoms with Gasteiger partial charge in [-0.2, -0.15) is 0 Å². The van der Waals surface area contributed by atoms with E-state index in [1.54, 1.807) is 0 Å². The third-order valence-corrected chi connectivity index (χ3v) is 4.18. The van der Waals surface area contributed by atoms with E-state index in [1.165, 1.54) is 19.3 Å². The number of hydrogen-bond acceptors (Lipinski definition) is 3. The Labute approximate surface area is 121 Å². The van der Waals surface area contributed by atoms with Crippen molar-refractivity contribution in [2.45, 2.75) is 39.7 Å². The van der Waals surface area contributed by atoms with Crippen LogP contribution in [0.4, 0.5) is 5.82 Å². The summed E-state index contributed by atoms with van der Waals surface area (Å²) in [6, 6.07) is 2.02. The first-order valence-corrected chi connectivity index (χ1v) is 7.44. The lowest BCUT2D eigenvalue weighted by Gasteiger charge is -2.24. The van der Waals surface area contributed by atoms with Gasteiger partial charge in [-0.1, -0.05) is 25.4 Å². The molecule has 1 aliphatic heterocycles. The Morgan fingerprint density at radius 1 is 1.37 bits per heavy atom. The molecule has 0 unspecified atom stereocenters. The van der Waals surface area contributed by atoms with E-state index in [1.807, 2.05) is 19.3 Å².